The number of nitrogens with one attached hydrogen (secondary N) is 2. The molecule has 0 aliphatic carbocycles. The number of hydrogen-bond acceptors (Lipinski definition) is 4. The molecule has 2 N–H and O–H groups in total. The lowest BCUT2D eigenvalue weighted by Crippen LogP contribution is -2.51. The number of nitrogens with zero attached hydrogens (tertiary/aromatic N) is 2. The van der Waals surface area contributed by atoms with Gasteiger partial charge in [0.05, 0.1) is 12.6 Å². The number of likely N-dealkylation sites (N-methyl/N-ethyl adjacent to an activating group) is 1. The van der Waals surface area contributed by atoms with E-state index in [9.17, 15) is 14.4 Å². The third-order valence-electron chi connectivity index (χ3n) is 5.97. The molecule has 0 spiro atoms. The van der Waals surface area contributed by atoms with Crippen molar-refractivity contribution in [2.45, 2.75) is 53.0 Å². The molecule has 1 saturated heterocycles. The first-order valence-corrected chi connectivity index (χ1v) is 11.4. The number of rotatable bonds is 9. The number of aryl methyl sites for hydroxylation is 1. The van der Waals surface area contributed by atoms with Crippen LogP contribution in [0.3, 0.4) is 0 Å². The van der Waals surface area contributed by atoms with Crippen molar-refractivity contribution in [1.29, 1.82) is 0 Å². The summed E-state index contributed by atoms with van der Waals surface area (Å²) in [5, 5.41) is 5.93. The molecule has 1 aromatic carbocycles. The fraction of sp³-hybridized carbons (Fsp3) is 0.625. The predicted molar refractivity (Wildman–Crippen MR) is 124 cm³/mol. The zero-order valence-electron chi connectivity index (χ0n) is 19.6. The highest BCUT2D eigenvalue weighted by Gasteiger charge is 2.29. The highest BCUT2D eigenvalue weighted by atomic mass is 16.2. The van der Waals surface area contributed by atoms with E-state index in [1.54, 1.807) is 7.05 Å². The molecule has 7 nitrogen and oxygen atoms in total. The number of likely N-dealkylation sites (tertiary alicyclic amines) is 1. The second kappa shape index (κ2) is 11.8. The van der Waals surface area contributed by atoms with E-state index < -0.39 is 0 Å². The van der Waals surface area contributed by atoms with Crippen LogP contribution in [-0.4, -0.2) is 66.8 Å². The Kier molecular flexibility index (Phi) is 9.49. The first kappa shape index (κ1) is 24.9. The Morgan fingerprint density at radius 2 is 1.90 bits per heavy atom. The zero-order valence-corrected chi connectivity index (χ0v) is 19.6. The third-order valence-corrected chi connectivity index (χ3v) is 5.97. The number of anilines is 1. The van der Waals surface area contributed by atoms with E-state index in [4.69, 9.17) is 0 Å². The van der Waals surface area contributed by atoms with E-state index in [0.29, 0.717) is 12.5 Å². The Morgan fingerprint density at radius 1 is 1.19 bits per heavy atom. The molecule has 0 radical (unpaired) electrons. The molecule has 2 unspecified atom stereocenters. The van der Waals surface area contributed by atoms with Crippen molar-refractivity contribution >= 4 is 23.4 Å². The predicted octanol–water partition coefficient (Wildman–Crippen LogP) is 2.52. The van der Waals surface area contributed by atoms with Gasteiger partial charge in [0, 0.05) is 31.7 Å². The smallest absolute Gasteiger partial charge is 0.243 e. The number of para-hydroxylation sites is 1. The van der Waals surface area contributed by atoms with Crippen LogP contribution in [0, 0.1) is 11.8 Å². The van der Waals surface area contributed by atoms with E-state index in [1.807, 2.05) is 52.0 Å². The molecule has 0 bridgehead atoms. The molecule has 0 saturated carbocycles. The van der Waals surface area contributed by atoms with Gasteiger partial charge in [-0.1, -0.05) is 39.0 Å². The van der Waals surface area contributed by atoms with Crippen LogP contribution >= 0.6 is 0 Å². The van der Waals surface area contributed by atoms with Gasteiger partial charge in [-0.05, 0) is 50.3 Å². The molecule has 2 atom stereocenters. The average Bonchev–Trinajstić information content (AvgIpc) is 2.76. The second-order valence-corrected chi connectivity index (χ2v) is 8.83. The summed E-state index contributed by atoms with van der Waals surface area (Å²) in [5.41, 5.74) is 1.87. The van der Waals surface area contributed by atoms with Crippen LogP contribution in [0.1, 0.15) is 46.1 Å². The van der Waals surface area contributed by atoms with Crippen LogP contribution in [-0.2, 0) is 20.8 Å². The average molecular weight is 431 g/mol. The van der Waals surface area contributed by atoms with Crippen molar-refractivity contribution in [3.63, 3.8) is 0 Å². The van der Waals surface area contributed by atoms with Gasteiger partial charge in [0.2, 0.25) is 17.7 Å². The zero-order chi connectivity index (χ0) is 23.0. The Labute approximate surface area is 186 Å². The van der Waals surface area contributed by atoms with E-state index in [-0.39, 0.29) is 36.2 Å². The number of benzene rings is 1. The minimum absolute atomic E-state index is 0.0168. The van der Waals surface area contributed by atoms with Crippen LogP contribution in [0.15, 0.2) is 24.3 Å². The normalized spacial score (nSPS) is 17.8. The summed E-state index contributed by atoms with van der Waals surface area (Å²) in [6, 6.07) is 7.41. The monoisotopic (exact) mass is 430 g/mol. The molecule has 7 heteroatoms. The van der Waals surface area contributed by atoms with Crippen LogP contribution in [0.4, 0.5) is 5.69 Å². The van der Waals surface area contributed by atoms with Crippen molar-refractivity contribution in [1.82, 2.24) is 15.1 Å². The van der Waals surface area contributed by atoms with E-state index in [1.165, 1.54) is 4.90 Å². The molecular weight excluding hydrogens is 392 g/mol. The standard InChI is InChI=1S/C24H38N4O3/c1-6-20-11-7-8-12-21(20)26-22(29)16-27(5)24(31)18(4)28-13-9-10-19(15-28)14-25-23(30)17(2)3/h7-8,11-12,17-19H,6,9-10,13-16H2,1-5H3,(H,25,30)(H,26,29). The van der Waals surface area contributed by atoms with Crippen molar-refractivity contribution < 1.29 is 14.4 Å². The minimum atomic E-state index is -0.302. The topological polar surface area (TPSA) is 81.8 Å². The Morgan fingerprint density at radius 3 is 2.58 bits per heavy atom. The van der Waals surface area contributed by atoms with Crippen molar-refractivity contribution in [3.8, 4) is 0 Å². The summed E-state index contributed by atoms with van der Waals surface area (Å²) in [5.74, 6) is 0.120. The first-order chi connectivity index (χ1) is 14.7. The molecule has 31 heavy (non-hydrogen) atoms. The maximum absolute atomic E-state index is 12.9. The fourth-order valence-electron chi connectivity index (χ4n) is 3.97. The van der Waals surface area contributed by atoms with Gasteiger partial charge in [0.25, 0.3) is 0 Å². The molecule has 0 aromatic heterocycles. The third kappa shape index (κ3) is 7.35. The van der Waals surface area contributed by atoms with Crippen LogP contribution in [0.2, 0.25) is 0 Å². The van der Waals surface area contributed by atoms with Gasteiger partial charge in [-0.2, -0.15) is 0 Å². The Hall–Kier alpha value is -2.41. The van der Waals surface area contributed by atoms with Gasteiger partial charge in [-0.15, -0.1) is 0 Å². The summed E-state index contributed by atoms with van der Waals surface area (Å²) < 4.78 is 0. The summed E-state index contributed by atoms with van der Waals surface area (Å²) >= 11 is 0. The van der Waals surface area contributed by atoms with E-state index in [2.05, 4.69) is 15.5 Å². The lowest BCUT2D eigenvalue weighted by molar-refractivity contribution is -0.138. The molecule has 1 aliphatic rings. The lowest BCUT2D eigenvalue weighted by Gasteiger charge is -2.37. The number of carbonyl (C=O) groups is 3. The van der Waals surface area contributed by atoms with Gasteiger partial charge in [0.15, 0.2) is 0 Å². The van der Waals surface area contributed by atoms with Crippen LogP contribution < -0.4 is 10.6 Å². The first-order valence-electron chi connectivity index (χ1n) is 11.4. The van der Waals surface area contributed by atoms with Gasteiger partial charge in [0.1, 0.15) is 0 Å². The molecular formula is C24H38N4O3. The number of carbonyl (C=O) groups excluding carboxylic acids is 3. The molecule has 1 aromatic rings. The van der Waals surface area contributed by atoms with Gasteiger partial charge in [-0.25, -0.2) is 0 Å². The van der Waals surface area contributed by atoms with Crippen LogP contribution in [0.25, 0.3) is 0 Å². The highest BCUT2D eigenvalue weighted by Crippen LogP contribution is 2.19. The Bertz CT molecular complexity index is 765. The lowest BCUT2D eigenvalue weighted by atomic mass is 9.96. The highest BCUT2D eigenvalue weighted by molar-refractivity contribution is 5.95. The molecule has 1 aliphatic heterocycles. The van der Waals surface area contributed by atoms with Crippen molar-refractivity contribution in [2.75, 3.05) is 38.5 Å². The SMILES string of the molecule is CCc1ccccc1NC(=O)CN(C)C(=O)C(C)N1CCCC(CNC(=O)C(C)C)C1. The maximum Gasteiger partial charge on any atom is 0.243 e. The quantitative estimate of drug-likeness (QED) is 0.631. The Balaban J connectivity index is 1.86. The molecule has 2 rings (SSSR count). The largest absolute Gasteiger partial charge is 0.356 e. The summed E-state index contributed by atoms with van der Waals surface area (Å²) in [6.07, 6.45) is 2.87. The van der Waals surface area contributed by atoms with Crippen molar-refractivity contribution in [3.05, 3.63) is 29.8 Å². The number of piperidine rings is 1. The summed E-state index contributed by atoms with van der Waals surface area (Å²) in [6.45, 7) is 10.00. The molecule has 1 fully saturated rings. The maximum atomic E-state index is 12.9. The molecule has 1 heterocycles. The van der Waals surface area contributed by atoms with Crippen molar-refractivity contribution in [2.24, 2.45) is 11.8 Å². The van der Waals surface area contributed by atoms with Gasteiger partial charge in [-0.3, -0.25) is 19.3 Å². The molecule has 3 amide bonds. The number of hydrogen-bond donors (Lipinski definition) is 2. The number of amides is 3. The van der Waals surface area contributed by atoms with Gasteiger partial charge < -0.3 is 15.5 Å². The summed E-state index contributed by atoms with van der Waals surface area (Å²) in [7, 11) is 1.68. The molecule has 172 valence electrons. The van der Waals surface area contributed by atoms with E-state index in [0.717, 1.165) is 43.6 Å². The fourth-order valence-corrected chi connectivity index (χ4v) is 3.97. The van der Waals surface area contributed by atoms with Gasteiger partial charge >= 0.3 is 0 Å². The summed E-state index contributed by atoms with van der Waals surface area (Å²) in [4.78, 5) is 41.0. The van der Waals surface area contributed by atoms with Crippen LogP contribution in [0.5, 0.6) is 0 Å². The van der Waals surface area contributed by atoms with E-state index >= 15 is 0 Å². The minimum Gasteiger partial charge on any atom is -0.356 e. The second-order valence-electron chi connectivity index (χ2n) is 8.83.